The summed E-state index contributed by atoms with van der Waals surface area (Å²) < 4.78 is 10.2. The second-order valence-electron chi connectivity index (χ2n) is 4.44. The van der Waals surface area contributed by atoms with Gasteiger partial charge in [0.25, 0.3) is 0 Å². The number of aliphatic hydroxyl groups excluding tert-OH is 1. The van der Waals surface area contributed by atoms with Gasteiger partial charge in [-0.1, -0.05) is 35.5 Å². The zero-order valence-corrected chi connectivity index (χ0v) is 14.0. The van der Waals surface area contributed by atoms with Gasteiger partial charge >= 0.3 is 0 Å². The van der Waals surface area contributed by atoms with Crippen molar-refractivity contribution in [3.8, 4) is 0 Å². The molecule has 2 heterocycles. The van der Waals surface area contributed by atoms with Crippen LogP contribution < -0.4 is 5.19 Å². The van der Waals surface area contributed by atoms with E-state index in [1.54, 1.807) is 5.19 Å². The molecule has 1 aromatic carbocycles. The van der Waals surface area contributed by atoms with Crippen LogP contribution in [-0.2, 0) is 9.16 Å². The highest BCUT2D eigenvalue weighted by Crippen LogP contribution is 2.05. The summed E-state index contributed by atoms with van der Waals surface area (Å²) in [5.41, 5.74) is 0. The summed E-state index contributed by atoms with van der Waals surface area (Å²) in [6.45, 7) is 2.04. The van der Waals surface area contributed by atoms with Crippen molar-refractivity contribution in [2.24, 2.45) is 0 Å². The van der Waals surface area contributed by atoms with Gasteiger partial charge < -0.3 is 14.3 Å². The van der Waals surface area contributed by atoms with E-state index in [0.717, 1.165) is 13.2 Å². The maximum Gasteiger partial charge on any atom is 0.141 e. The molecular formula is C11H20O3Si3. The lowest BCUT2D eigenvalue weighted by molar-refractivity contribution is 0.244. The lowest BCUT2D eigenvalue weighted by atomic mass is 10.4. The lowest BCUT2D eigenvalue weighted by Crippen LogP contribution is -2.44. The maximum atomic E-state index is 8.08. The van der Waals surface area contributed by atoms with Crippen molar-refractivity contribution in [3.63, 3.8) is 0 Å². The van der Waals surface area contributed by atoms with E-state index in [1.807, 2.05) is 0 Å². The van der Waals surface area contributed by atoms with Crippen LogP contribution in [0, 0.1) is 0 Å². The molecule has 0 amide bonds. The average Bonchev–Trinajstić information content (AvgIpc) is 3.25. The van der Waals surface area contributed by atoms with Crippen molar-refractivity contribution in [1.82, 2.24) is 0 Å². The minimum Gasteiger partial charge on any atom is -0.428 e. The SMILES string of the molecule is OCC1CO1.c1ccc([SiH]2CCO[SiH2][SiH2]2)cc1. The molecule has 0 radical (unpaired) electrons. The fraction of sp³-hybridized carbons (Fsp3) is 0.455. The summed E-state index contributed by atoms with van der Waals surface area (Å²) in [6.07, 6.45) is 0.190. The Morgan fingerprint density at radius 2 is 2.12 bits per heavy atom. The molecule has 0 spiro atoms. The highest BCUT2D eigenvalue weighted by Gasteiger charge is 2.19. The quantitative estimate of drug-likeness (QED) is 0.514. The second kappa shape index (κ2) is 7.24. The van der Waals surface area contributed by atoms with Crippen molar-refractivity contribution >= 4 is 31.3 Å². The predicted molar refractivity (Wildman–Crippen MR) is 77.9 cm³/mol. The van der Waals surface area contributed by atoms with Crippen molar-refractivity contribution < 1.29 is 14.3 Å². The van der Waals surface area contributed by atoms with Gasteiger partial charge in [0.05, 0.1) is 21.5 Å². The Morgan fingerprint density at radius 1 is 1.35 bits per heavy atom. The first kappa shape index (κ1) is 13.2. The minimum atomic E-state index is -0.409. The van der Waals surface area contributed by atoms with E-state index < -0.39 is 8.31 Å². The third-order valence-corrected chi connectivity index (χ3v) is 21.6. The van der Waals surface area contributed by atoms with Crippen LogP contribution in [0.2, 0.25) is 6.04 Å². The smallest absolute Gasteiger partial charge is 0.141 e. The zero-order valence-electron chi connectivity index (χ0n) is 10.0. The molecule has 0 bridgehead atoms. The van der Waals surface area contributed by atoms with E-state index in [4.69, 9.17) is 9.53 Å². The number of hydrogen-bond donors (Lipinski definition) is 1. The highest BCUT2D eigenvalue weighted by molar-refractivity contribution is 7.38. The maximum absolute atomic E-state index is 8.08. The highest BCUT2D eigenvalue weighted by atomic mass is 29.5. The van der Waals surface area contributed by atoms with Crippen molar-refractivity contribution in [1.29, 1.82) is 0 Å². The number of aliphatic hydroxyl groups is 1. The van der Waals surface area contributed by atoms with Gasteiger partial charge in [0.1, 0.15) is 15.4 Å². The van der Waals surface area contributed by atoms with E-state index in [1.165, 1.54) is 6.04 Å². The van der Waals surface area contributed by atoms with Crippen LogP contribution in [0.4, 0.5) is 0 Å². The van der Waals surface area contributed by atoms with Crippen LogP contribution in [0.5, 0.6) is 0 Å². The van der Waals surface area contributed by atoms with Crippen LogP contribution in [0.25, 0.3) is 0 Å². The van der Waals surface area contributed by atoms with Crippen molar-refractivity contribution in [2.45, 2.75) is 12.1 Å². The Morgan fingerprint density at radius 3 is 2.59 bits per heavy atom. The van der Waals surface area contributed by atoms with Gasteiger partial charge in [-0.15, -0.1) is 0 Å². The molecule has 17 heavy (non-hydrogen) atoms. The zero-order chi connectivity index (χ0) is 11.9. The van der Waals surface area contributed by atoms with Gasteiger partial charge in [0.2, 0.25) is 0 Å². The van der Waals surface area contributed by atoms with Gasteiger partial charge in [0, 0.05) is 15.2 Å². The summed E-state index contributed by atoms with van der Waals surface area (Å²) in [6, 6.07) is 12.6. The third-order valence-electron chi connectivity index (χ3n) is 3.10. The molecule has 94 valence electrons. The van der Waals surface area contributed by atoms with E-state index in [0.29, 0.717) is 0 Å². The normalized spacial score (nSPS) is 29.7. The molecule has 3 nitrogen and oxygen atoms in total. The first-order valence-electron chi connectivity index (χ1n) is 6.25. The van der Waals surface area contributed by atoms with Gasteiger partial charge in [0.15, 0.2) is 0 Å². The Balaban J connectivity index is 0.000000181. The molecule has 2 atom stereocenters. The van der Waals surface area contributed by atoms with Crippen LogP contribution >= 0.6 is 0 Å². The van der Waals surface area contributed by atoms with E-state index >= 15 is 0 Å². The Kier molecular flexibility index (Phi) is 5.62. The third kappa shape index (κ3) is 4.86. The van der Waals surface area contributed by atoms with Crippen molar-refractivity contribution in [3.05, 3.63) is 30.3 Å². The molecule has 3 rings (SSSR count). The molecule has 0 aromatic heterocycles. The van der Waals surface area contributed by atoms with Gasteiger partial charge in [-0.2, -0.15) is 0 Å². The summed E-state index contributed by atoms with van der Waals surface area (Å²) >= 11 is 0. The lowest BCUT2D eigenvalue weighted by Gasteiger charge is -2.19. The fourth-order valence-corrected chi connectivity index (χ4v) is 20.1. The molecule has 2 saturated heterocycles. The van der Waals surface area contributed by atoms with Crippen molar-refractivity contribution in [2.75, 3.05) is 19.8 Å². The minimum absolute atomic E-state index is 0.0179. The largest absolute Gasteiger partial charge is 0.428 e. The molecule has 2 unspecified atom stereocenters. The fourth-order valence-electron chi connectivity index (χ4n) is 1.93. The topological polar surface area (TPSA) is 42.0 Å². The van der Waals surface area contributed by atoms with Crippen LogP contribution in [0.3, 0.4) is 0 Å². The van der Waals surface area contributed by atoms with Gasteiger partial charge in [-0.05, 0) is 6.04 Å². The molecule has 0 aliphatic carbocycles. The van der Waals surface area contributed by atoms with E-state index in [-0.39, 0.29) is 30.5 Å². The monoisotopic (exact) mass is 284 g/mol. The Bertz CT molecular complexity index is 313. The molecule has 1 N–H and O–H groups in total. The number of hydrogen-bond acceptors (Lipinski definition) is 3. The van der Waals surface area contributed by atoms with Gasteiger partial charge in [-0.3, -0.25) is 0 Å². The standard InChI is InChI=1S/C8H14OSi3.C3H6O2/c1-2-4-8(5-3-1)12-7-6-9-10-11-12;4-1-3-2-5-3/h1-5,12H,6-7,10-11H2;3-4H,1-2H2. The molecule has 0 saturated carbocycles. The number of rotatable bonds is 2. The first-order valence-corrected chi connectivity index (χ1v) is 15.5. The summed E-state index contributed by atoms with van der Waals surface area (Å²) in [5.74, 6) is 0. The molecule has 2 aliphatic rings. The number of epoxide rings is 1. The molecular weight excluding hydrogens is 264 g/mol. The summed E-state index contributed by atoms with van der Waals surface area (Å²) in [7, 11) is -0.111. The molecule has 1 aromatic rings. The van der Waals surface area contributed by atoms with E-state index in [9.17, 15) is 0 Å². The number of ether oxygens (including phenoxy) is 1. The van der Waals surface area contributed by atoms with Crippen LogP contribution in [0.15, 0.2) is 30.3 Å². The average molecular weight is 285 g/mol. The van der Waals surface area contributed by atoms with E-state index in [2.05, 4.69) is 35.1 Å². The molecule has 2 aliphatic heterocycles. The second-order valence-corrected chi connectivity index (χ2v) is 19.6. The Hall–Kier alpha value is -0.249. The predicted octanol–water partition coefficient (Wildman–Crippen LogP) is -1.81. The molecule has 6 heteroatoms. The van der Waals surface area contributed by atoms with Gasteiger partial charge in [-0.25, -0.2) is 0 Å². The summed E-state index contributed by atoms with van der Waals surface area (Å²) in [4.78, 5) is 0. The molecule has 2 fully saturated rings. The number of benzene rings is 1. The Labute approximate surface area is 108 Å². The summed E-state index contributed by atoms with van der Waals surface area (Å²) in [5, 5.41) is 9.79. The van der Waals surface area contributed by atoms with Crippen LogP contribution in [-0.4, -0.2) is 57.2 Å². The first-order chi connectivity index (χ1) is 8.40. The van der Waals surface area contributed by atoms with Crippen LogP contribution in [0.1, 0.15) is 0 Å².